The van der Waals surface area contributed by atoms with Crippen molar-refractivity contribution >= 4 is 28.2 Å². The molecule has 0 radical (unpaired) electrons. The van der Waals surface area contributed by atoms with E-state index in [4.69, 9.17) is 16.3 Å². The quantitative estimate of drug-likeness (QED) is 0.476. The van der Waals surface area contributed by atoms with E-state index in [9.17, 15) is 10.1 Å². The molecule has 1 aromatic carbocycles. The Labute approximate surface area is 101 Å². The van der Waals surface area contributed by atoms with Gasteiger partial charge in [-0.2, -0.15) is 5.10 Å². The number of hydrogen-bond acceptors (Lipinski definition) is 4. The molecule has 0 amide bonds. The van der Waals surface area contributed by atoms with E-state index in [0.717, 1.165) is 0 Å². The molecule has 0 bridgehead atoms. The number of fused-ring (bicyclic) bond motifs is 1. The monoisotopic (exact) mass is 253 g/mol. The zero-order valence-electron chi connectivity index (χ0n) is 8.67. The standard InChI is InChI=1S/C10H8ClN3O3/c11-10-9-7(2-1-3-8(9)14(15)16)13(12-10)4-6-5-17-6/h1-3,6H,4-5H2. The molecular weight excluding hydrogens is 246 g/mol. The van der Waals surface area contributed by atoms with Gasteiger partial charge in [-0.15, -0.1) is 0 Å². The van der Waals surface area contributed by atoms with Crippen LogP contribution in [0.3, 0.4) is 0 Å². The highest BCUT2D eigenvalue weighted by Gasteiger charge is 2.26. The molecule has 7 heteroatoms. The first kappa shape index (κ1) is 10.5. The maximum Gasteiger partial charge on any atom is 0.281 e. The van der Waals surface area contributed by atoms with Crippen LogP contribution in [-0.4, -0.2) is 27.4 Å². The van der Waals surface area contributed by atoms with Gasteiger partial charge < -0.3 is 4.74 Å². The lowest BCUT2D eigenvalue weighted by Crippen LogP contribution is -2.05. The van der Waals surface area contributed by atoms with Crippen LogP contribution in [0.1, 0.15) is 0 Å². The summed E-state index contributed by atoms with van der Waals surface area (Å²) in [6.07, 6.45) is 0.147. The second kappa shape index (κ2) is 3.68. The summed E-state index contributed by atoms with van der Waals surface area (Å²) in [4.78, 5) is 10.4. The number of epoxide rings is 1. The van der Waals surface area contributed by atoms with Crippen LogP contribution < -0.4 is 0 Å². The second-order valence-corrected chi connectivity index (χ2v) is 4.21. The molecule has 1 aliphatic heterocycles. The zero-order valence-corrected chi connectivity index (χ0v) is 9.42. The molecule has 1 atom stereocenters. The second-order valence-electron chi connectivity index (χ2n) is 3.86. The normalized spacial score (nSPS) is 18.5. The first-order valence-electron chi connectivity index (χ1n) is 5.08. The highest BCUT2D eigenvalue weighted by atomic mass is 35.5. The van der Waals surface area contributed by atoms with Crippen LogP contribution in [-0.2, 0) is 11.3 Å². The summed E-state index contributed by atoms with van der Waals surface area (Å²) in [6.45, 7) is 1.28. The largest absolute Gasteiger partial charge is 0.371 e. The van der Waals surface area contributed by atoms with Crippen LogP contribution in [0, 0.1) is 10.1 Å². The summed E-state index contributed by atoms with van der Waals surface area (Å²) in [7, 11) is 0. The van der Waals surface area contributed by atoms with Crippen LogP contribution >= 0.6 is 11.6 Å². The predicted molar refractivity (Wildman–Crippen MR) is 61.1 cm³/mol. The van der Waals surface area contributed by atoms with Gasteiger partial charge in [-0.3, -0.25) is 14.8 Å². The summed E-state index contributed by atoms with van der Waals surface area (Å²) in [6, 6.07) is 4.82. The Bertz CT molecular complexity index is 606. The molecule has 1 unspecified atom stereocenters. The van der Waals surface area contributed by atoms with E-state index < -0.39 is 4.92 Å². The smallest absolute Gasteiger partial charge is 0.281 e. The fraction of sp³-hybridized carbons (Fsp3) is 0.300. The molecule has 3 rings (SSSR count). The summed E-state index contributed by atoms with van der Waals surface area (Å²) in [5.74, 6) is 0. The first-order chi connectivity index (χ1) is 8.16. The Balaban J connectivity index is 2.19. The summed E-state index contributed by atoms with van der Waals surface area (Å²) in [5, 5.41) is 15.6. The fourth-order valence-electron chi connectivity index (χ4n) is 1.82. The molecule has 2 heterocycles. The lowest BCUT2D eigenvalue weighted by Gasteiger charge is -1.99. The van der Waals surface area contributed by atoms with Gasteiger partial charge in [-0.25, -0.2) is 0 Å². The van der Waals surface area contributed by atoms with Crippen LogP contribution in [0.5, 0.6) is 0 Å². The van der Waals surface area contributed by atoms with E-state index in [-0.39, 0.29) is 16.9 Å². The number of nitro groups is 1. The van der Waals surface area contributed by atoms with Crippen molar-refractivity contribution in [3.8, 4) is 0 Å². The minimum absolute atomic E-state index is 0.0181. The highest BCUT2D eigenvalue weighted by molar-refractivity contribution is 6.35. The Morgan fingerprint density at radius 3 is 3.06 bits per heavy atom. The van der Waals surface area contributed by atoms with Crippen molar-refractivity contribution in [1.82, 2.24) is 9.78 Å². The van der Waals surface area contributed by atoms with Crippen molar-refractivity contribution in [1.29, 1.82) is 0 Å². The molecule has 17 heavy (non-hydrogen) atoms. The van der Waals surface area contributed by atoms with Gasteiger partial charge in [0.2, 0.25) is 0 Å². The lowest BCUT2D eigenvalue weighted by atomic mass is 10.2. The summed E-state index contributed by atoms with van der Waals surface area (Å²) >= 11 is 5.95. The molecule has 6 nitrogen and oxygen atoms in total. The van der Waals surface area contributed by atoms with E-state index in [0.29, 0.717) is 24.1 Å². The number of nitrogens with zero attached hydrogens (tertiary/aromatic N) is 3. The molecule has 0 saturated carbocycles. The number of benzene rings is 1. The minimum Gasteiger partial charge on any atom is -0.371 e. The van der Waals surface area contributed by atoms with Gasteiger partial charge in [0.15, 0.2) is 5.15 Å². The van der Waals surface area contributed by atoms with Gasteiger partial charge in [0.05, 0.1) is 23.6 Å². The van der Waals surface area contributed by atoms with E-state index in [1.165, 1.54) is 6.07 Å². The number of halogens is 1. The SMILES string of the molecule is O=[N+]([O-])c1cccc2c1c(Cl)nn2CC1CO1. The van der Waals surface area contributed by atoms with Gasteiger partial charge in [0, 0.05) is 6.07 Å². The maximum atomic E-state index is 10.9. The number of nitro benzene ring substituents is 1. The number of non-ortho nitro benzene ring substituents is 1. The highest BCUT2D eigenvalue weighted by Crippen LogP contribution is 2.32. The van der Waals surface area contributed by atoms with Crippen LogP contribution in [0.4, 0.5) is 5.69 Å². The zero-order chi connectivity index (χ0) is 12.0. The molecule has 0 aliphatic carbocycles. The molecule has 0 N–H and O–H groups in total. The average Bonchev–Trinajstić information content (AvgIpc) is 3.05. The van der Waals surface area contributed by atoms with Gasteiger partial charge in [-0.1, -0.05) is 17.7 Å². The Morgan fingerprint density at radius 2 is 2.41 bits per heavy atom. The minimum atomic E-state index is -0.451. The number of rotatable bonds is 3. The van der Waals surface area contributed by atoms with Crippen molar-refractivity contribution in [2.24, 2.45) is 0 Å². The average molecular weight is 254 g/mol. The summed E-state index contributed by atoms with van der Waals surface area (Å²) < 4.78 is 6.77. The number of hydrogen-bond donors (Lipinski definition) is 0. The van der Waals surface area contributed by atoms with Crippen molar-refractivity contribution in [2.45, 2.75) is 12.6 Å². The van der Waals surface area contributed by atoms with Gasteiger partial charge in [0.1, 0.15) is 11.5 Å². The predicted octanol–water partition coefficient (Wildman–Crippen LogP) is 2.00. The van der Waals surface area contributed by atoms with E-state index in [1.54, 1.807) is 16.8 Å². The molecule has 1 fully saturated rings. The van der Waals surface area contributed by atoms with Crippen molar-refractivity contribution < 1.29 is 9.66 Å². The molecule has 88 valence electrons. The van der Waals surface area contributed by atoms with Crippen molar-refractivity contribution in [2.75, 3.05) is 6.61 Å². The Kier molecular flexibility index (Phi) is 2.27. The van der Waals surface area contributed by atoms with Gasteiger partial charge in [0.25, 0.3) is 5.69 Å². The Morgan fingerprint density at radius 1 is 1.65 bits per heavy atom. The molecule has 1 aliphatic rings. The van der Waals surface area contributed by atoms with E-state index in [1.807, 2.05) is 0 Å². The van der Waals surface area contributed by atoms with Crippen LogP contribution in [0.25, 0.3) is 10.9 Å². The molecule has 0 spiro atoms. The molecule has 1 saturated heterocycles. The van der Waals surface area contributed by atoms with Crippen LogP contribution in [0.15, 0.2) is 18.2 Å². The lowest BCUT2D eigenvalue weighted by molar-refractivity contribution is -0.383. The third-order valence-corrected chi connectivity index (χ3v) is 2.95. The van der Waals surface area contributed by atoms with Crippen LogP contribution in [0.2, 0.25) is 5.15 Å². The third-order valence-electron chi connectivity index (χ3n) is 2.69. The van der Waals surface area contributed by atoms with Crippen molar-refractivity contribution in [3.63, 3.8) is 0 Å². The number of aromatic nitrogens is 2. The topological polar surface area (TPSA) is 73.5 Å². The van der Waals surface area contributed by atoms with Gasteiger partial charge in [-0.05, 0) is 6.07 Å². The van der Waals surface area contributed by atoms with Crippen molar-refractivity contribution in [3.05, 3.63) is 33.5 Å². The fourth-order valence-corrected chi connectivity index (χ4v) is 2.11. The maximum absolute atomic E-state index is 10.9. The summed E-state index contributed by atoms with van der Waals surface area (Å²) in [5.41, 5.74) is 0.648. The van der Waals surface area contributed by atoms with E-state index in [2.05, 4.69) is 5.10 Å². The third kappa shape index (κ3) is 1.75. The first-order valence-corrected chi connectivity index (χ1v) is 5.45. The molecule has 2 aromatic rings. The van der Waals surface area contributed by atoms with Gasteiger partial charge >= 0.3 is 0 Å². The van der Waals surface area contributed by atoms with E-state index >= 15 is 0 Å². The number of ether oxygens (including phenoxy) is 1. The Hall–Kier alpha value is -1.66. The molecule has 1 aromatic heterocycles. The molecular formula is C10H8ClN3O3.